The molecule has 1 heterocycles. The molecule has 1 atom stereocenters. The lowest BCUT2D eigenvalue weighted by Gasteiger charge is -2.21. The van der Waals surface area contributed by atoms with Crippen LogP contribution >= 0.6 is 0 Å². The van der Waals surface area contributed by atoms with Gasteiger partial charge in [0.15, 0.2) is 0 Å². The van der Waals surface area contributed by atoms with E-state index in [4.69, 9.17) is 5.73 Å². The van der Waals surface area contributed by atoms with Gasteiger partial charge < -0.3 is 10.3 Å². The van der Waals surface area contributed by atoms with Crippen molar-refractivity contribution in [3.8, 4) is 0 Å². The van der Waals surface area contributed by atoms with E-state index >= 15 is 0 Å². The minimum absolute atomic E-state index is 0.401. The van der Waals surface area contributed by atoms with Crippen molar-refractivity contribution in [3.05, 3.63) is 18.2 Å². The number of alkyl halides is 3. The van der Waals surface area contributed by atoms with E-state index in [0.717, 1.165) is 4.57 Å². The van der Waals surface area contributed by atoms with Gasteiger partial charge in [-0.25, -0.2) is 4.98 Å². The van der Waals surface area contributed by atoms with Gasteiger partial charge in [-0.1, -0.05) is 6.92 Å². The maximum atomic E-state index is 12.5. The van der Waals surface area contributed by atoms with E-state index in [0.29, 0.717) is 12.2 Å². The Balaban J connectivity index is 3.01. The second-order valence-electron chi connectivity index (χ2n) is 2.90. The Kier molecular flexibility index (Phi) is 3.15. The van der Waals surface area contributed by atoms with Crippen molar-refractivity contribution >= 4 is 0 Å². The zero-order valence-electron chi connectivity index (χ0n) is 7.75. The molecule has 1 aromatic rings. The SMILES string of the molecule is CCc1nccn1C(CN)C(F)(F)F. The first-order chi connectivity index (χ1) is 6.50. The molecule has 0 aliphatic carbocycles. The summed E-state index contributed by atoms with van der Waals surface area (Å²) in [5.41, 5.74) is 5.11. The first-order valence-corrected chi connectivity index (χ1v) is 4.29. The van der Waals surface area contributed by atoms with Crippen LogP contribution in [0.25, 0.3) is 0 Å². The van der Waals surface area contributed by atoms with Crippen molar-refractivity contribution in [3.63, 3.8) is 0 Å². The summed E-state index contributed by atoms with van der Waals surface area (Å²) in [6, 6.07) is -1.67. The maximum absolute atomic E-state index is 12.5. The van der Waals surface area contributed by atoms with Crippen LogP contribution in [0.5, 0.6) is 0 Å². The first kappa shape index (κ1) is 11.0. The second kappa shape index (κ2) is 4.00. The van der Waals surface area contributed by atoms with Crippen molar-refractivity contribution in [2.45, 2.75) is 25.6 Å². The summed E-state index contributed by atoms with van der Waals surface area (Å²) in [6.07, 6.45) is -1.20. The summed E-state index contributed by atoms with van der Waals surface area (Å²) in [5, 5.41) is 0. The summed E-state index contributed by atoms with van der Waals surface area (Å²) < 4.78 is 38.5. The number of hydrogen-bond donors (Lipinski definition) is 1. The summed E-state index contributed by atoms with van der Waals surface area (Å²) >= 11 is 0. The van der Waals surface area contributed by atoms with Gasteiger partial charge >= 0.3 is 6.18 Å². The lowest BCUT2D eigenvalue weighted by atomic mass is 10.2. The highest BCUT2D eigenvalue weighted by Gasteiger charge is 2.40. The molecule has 1 aromatic heterocycles. The monoisotopic (exact) mass is 207 g/mol. The van der Waals surface area contributed by atoms with Crippen LogP contribution in [0.15, 0.2) is 12.4 Å². The minimum atomic E-state index is -4.32. The molecule has 0 aromatic carbocycles. The quantitative estimate of drug-likeness (QED) is 0.816. The lowest BCUT2D eigenvalue weighted by molar-refractivity contribution is -0.165. The molecule has 0 bridgehead atoms. The zero-order valence-corrected chi connectivity index (χ0v) is 7.75. The van der Waals surface area contributed by atoms with Crippen LogP contribution in [0.4, 0.5) is 13.2 Å². The van der Waals surface area contributed by atoms with Crippen molar-refractivity contribution in [2.24, 2.45) is 5.73 Å². The minimum Gasteiger partial charge on any atom is -0.328 e. The third-order valence-electron chi connectivity index (χ3n) is 2.00. The summed E-state index contributed by atoms with van der Waals surface area (Å²) in [5.74, 6) is 0.401. The van der Waals surface area contributed by atoms with Gasteiger partial charge in [0.05, 0.1) is 0 Å². The Bertz CT molecular complexity index is 292. The average molecular weight is 207 g/mol. The van der Waals surface area contributed by atoms with Gasteiger partial charge in [0.2, 0.25) is 0 Å². The number of aromatic nitrogens is 2. The molecule has 0 amide bonds. The molecule has 0 radical (unpaired) electrons. The summed E-state index contributed by atoms with van der Waals surface area (Å²) in [7, 11) is 0. The summed E-state index contributed by atoms with van der Waals surface area (Å²) in [6.45, 7) is 1.29. The van der Waals surface area contributed by atoms with E-state index in [1.807, 2.05) is 0 Å². The number of rotatable bonds is 3. The van der Waals surface area contributed by atoms with Crippen LogP contribution < -0.4 is 5.73 Å². The Morgan fingerprint density at radius 1 is 1.57 bits per heavy atom. The molecule has 14 heavy (non-hydrogen) atoms. The molecule has 2 N–H and O–H groups in total. The molecule has 80 valence electrons. The first-order valence-electron chi connectivity index (χ1n) is 4.29. The number of hydrogen-bond acceptors (Lipinski definition) is 2. The molecule has 1 rings (SSSR count). The van der Waals surface area contributed by atoms with Crippen LogP contribution in [0, 0.1) is 0 Å². The van der Waals surface area contributed by atoms with E-state index in [2.05, 4.69) is 4.98 Å². The fourth-order valence-corrected chi connectivity index (χ4v) is 1.31. The molecule has 0 aliphatic rings. The zero-order chi connectivity index (χ0) is 10.8. The number of nitrogens with two attached hydrogens (primary N) is 1. The van der Waals surface area contributed by atoms with Crippen LogP contribution in [0.2, 0.25) is 0 Å². The fraction of sp³-hybridized carbons (Fsp3) is 0.625. The van der Waals surface area contributed by atoms with Crippen molar-refractivity contribution in [2.75, 3.05) is 6.54 Å². The third kappa shape index (κ3) is 2.06. The second-order valence-corrected chi connectivity index (χ2v) is 2.90. The topological polar surface area (TPSA) is 43.8 Å². The third-order valence-corrected chi connectivity index (χ3v) is 2.00. The maximum Gasteiger partial charge on any atom is 0.410 e. The number of imidazole rings is 1. The van der Waals surface area contributed by atoms with Crippen molar-refractivity contribution in [1.29, 1.82) is 0 Å². The molecule has 0 fully saturated rings. The van der Waals surface area contributed by atoms with Gasteiger partial charge in [0, 0.05) is 25.4 Å². The van der Waals surface area contributed by atoms with Gasteiger partial charge in [-0.15, -0.1) is 0 Å². The molecule has 1 unspecified atom stereocenters. The van der Waals surface area contributed by atoms with Gasteiger partial charge in [-0.3, -0.25) is 0 Å². The Labute approximate surface area is 79.7 Å². The van der Waals surface area contributed by atoms with E-state index in [1.54, 1.807) is 6.92 Å². The highest BCUT2D eigenvalue weighted by molar-refractivity contribution is 4.97. The molecule has 0 saturated heterocycles. The molecular formula is C8H12F3N3. The molecular weight excluding hydrogens is 195 g/mol. The number of aryl methyl sites for hydroxylation is 1. The Morgan fingerprint density at radius 3 is 2.64 bits per heavy atom. The fourth-order valence-electron chi connectivity index (χ4n) is 1.31. The van der Waals surface area contributed by atoms with Crippen LogP contribution in [-0.4, -0.2) is 22.3 Å². The van der Waals surface area contributed by atoms with E-state index in [9.17, 15) is 13.2 Å². The standard InChI is InChI=1S/C8H12F3N3/c1-2-7-13-3-4-14(7)6(5-12)8(9,10)11/h3-4,6H,2,5,12H2,1H3. The summed E-state index contributed by atoms with van der Waals surface area (Å²) in [4.78, 5) is 3.82. The predicted octanol–water partition coefficient (Wildman–Crippen LogP) is 1.51. The van der Waals surface area contributed by atoms with E-state index < -0.39 is 18.8 Å². The van der Waals surface area contributed by atoms with E-state index in [-0.39, 0.29) is 0 Å². The Hall–Kier alpha value is -1.04. The molecule has 0 spiro atoms. The molecule has 6 heteroatoms. The normalized spacial score (nSPS) is 14.4. The van der Waals surface area contributed by atoms with E-state index in [1.165, 1.54) is 12.4 Å². The van der Waals surface area contributed by atoms with Crippen molar-refractivity contribution in [1.82, 2.24) is 9.55 Å². The highest BCUT2D eigenvalue weighted by Crippen LogP contribution is 2.30. The largest absolute Gasteiger partial charge is 0.410 e. The number of halogens is 3. The lowest BCUT2D eigenvalue weighted by Crippen LogP contribution is -2.33. The van der Waals surface area contributed by atoms with Crippen LogP contribution in [0.3, 0.4) is 0 Å². The predicted molar refractivity (Wildman–Crippen MR) is 45.8 cm³/mol. The smallest absolute Gasteiger partial charge is 0.328 e. The van der Waals surface area contributed by atoms with Crippen LogP contribution in [0.1, 0.15) is 18.8 Å². The average Bonchev–Trinajstić information content (AvgIpc) is 2.51. The molecule has 0 saturated carbocycles. The van der Waals surface area contributed by atoms with Gasteiger partial charge in [-0.2, -0.15) is 13.2 Å². The Morgan fingerprint density at radius 2 is 2.21 bits per heavy atom. The van der Waals surface area contributed by atoms with Gasteiger partial charge in [0.1, 0.15) is 11.9 Å². The molecule has 3 nitrogen and oxygen atoms in total. The van der Waals surface area contributed by atoms with Gasteiger partial charge in [-0.05, 0) is 0 Å². The number of nitrogens with zero attached hydrogens (tertiary/aromatic N) is 2. The van der Waals surface area contributed by atoms with Crippen LogP contribution in [-0.2, 0) is 6.42 Å². The van der Waals surface area contributed by atoms with Crippen molar-refractivity contribution < 1.29 is 13.2 Å². The molecule has 0 aliphatic heterocycles. The van der Waals surface area contributed by atoms with Gasteiger partial charge in [0.25, 0.3) is 0 Å². The highest BCUT2D eigenvalue weighted by atomic mass is 19.4.